The van der Waals surface area contributed by atoms with Gasteiger partial charge in [-0.25, -0.2) is 4.39 Å². The third kappa shape index (κ3) is 4.28. The number of H-pyrrole nitrogens is 1. The molecule has 164 valence electrons. The van der Waals surface area contributed by atoms with Gasteiger partial charge in [0, 0.05) is 49.4 Å². The van der Waals surface area contributed by atoms with Crippen LogP contribution in [0.4, 0.5) is 4.39 Å². The van der Waals surface area contributed by atoms with E-state index >= 15 is 0 Å². The van der Waals surface area contributed by atoms with Crippen LogP contribution < -0.4 is 0 Å². The third-order valence-electron chi connectivity index (χ3n) is 6.44. The monoisotopic (exact) mass is 431 g/mol. The van der Waals surface area contributed by atoms with Gasteiger partial charge in [-0.1, -0.05) is 18.2 Å². The Bertz CT molecular complexity index is 1210. The normalized spacial score (nSPS) is 14.8. The van der Waals surface area contributed by atoms with E-state index in [4.69, 9.17) is 0 Å². The zero-order valence-corrected chi connectivity index (χ0v) is 17.9. The minimum Gasteiger partial charge on any atom is -0.346 e. The second-order valence-electron chi connectivity index (χ2n) is 8.50. The van der Waals surface area contributed by atoms with Gasteiger partial charge in [0.1, 0.15) is 5.82 Å². The summed E-state index contributed by atoms with van der Waals surface area (Å²) in [6.07, 6.45) is 10.4. The van der Waals surface area contributed by atoms with Crippen LogP contribution in [0.15, 0.2) is 61.2 Å². The molecule has 4 heterocycles. The molecule has 1 aliphatic heterocycles. The van der Waals surface area contributed by atoms with Crippen molar-refractivity contribution in [3.63, 3.8) is 0 Å². The lowest BCUT2D eigenvalue weighted by Gasteiger charge is -2.32. The van der Waals surface area contributed by atoms with E-state index in [0.29, 0.717) is 24.3 Å². The smallest absolute Gasteiger partial charge is 0.222 e. The highest BCUT2D eigenvalue weighted by Gasteiger charge is 2.23. The predicted molar refractivity (Wildman–Crippen MR) is 121 cm³/mol. The van der Waals surface area contributed by atoms with Gasteiger partial charge in [0.05, 0.1) is 23.6 Å². The fourth-order valence-electron chi connectivity index (χ4n) is 4.54. The summed E-state index contributed by atoms with van der Waals surface area (Å²) >= 11 is 0. The number of aromatic nitrogens is 4. The number of halogens is 1. The number of hydrogen-bond donors (Lipinski definition) is 1. The van der Waals surface area contributed by atoms with Gasteiger partial charge >= 0.3 is 0 Å². The Morgan fingerprint density at radius 3 is 2.78 bits per heavy atom. The highest BCUT2D eigenvalue weighted by molar-refractivity contribution is 5.83. The fraction of sp³-hybridized carbons (Fsp3) is 0.320. The molecular formula is C25H26FN5O. The number of fused-ring (bicyclic) bond motifs is 1. The SMILES string of the molecule is O=C(CCc1ccccc1F)N1CCC(Cn2ccc3cc(-c4cn[nH]c4)ncc32)CC1. The van der Waals surface area contributed by atoms with E-state index in [9.17, 15) is 9.18 Å². The van der Waals surface area contributed by atoms with Crippen LogP contribution in [0.3, 0.4) is 0 Å². The summed E-state index contributed by atoms with van der Waals surface area (Å²) in [6.45, 7) is 2.46. The van der Waals surface area contributed by atoms with Gasteiger partial charge in [0.2, 0.25) is 5.91 Å². The Hall–Kier alpha value is -3.48. The number of likely N-dealkylation sites (tertiary alicyclic amines) is 1. The fourth-order valence-corrected chi connectivity index (χ4v) is 4.54. The molecular weight excluding hydrogens is 405 g/mol. The molecule has 1 aromatic carbocycles. The minimum atomic E-state index is -0.232. The third-order valence-corrected chi connectivity index (χ3v) is 6.44. The highest BCUT2D eigenvalue weighted by atomic mass is 19.1. The number of aromatic amines is 1. The number of hydrogen-bond acceptors (Lipinski definition) is 3. The molecule has 3 aromatic heterocycles. The molecule has 0 spiro atoms. The van der Waals surface area contributed by atoms with Gasteiger partial charge in [-0.15, -0.1) is 0 Å². The molecule has 0 saturated carbocycles. The molecule has 0 unspecified atom stereocenters. The maximum Gasteiger partial charge on any atom is 0.222 e. The van der Waals surface area contributed by atoms with Gasteiger partial charge < -0.3 is 9.47 Å². The minimum absolute atomic E-state index is 0.120. The largest absolute Gasteiger partial charge is 0.346 e. The summed E-state index contributed by atoms with van der Waals surface area (Å²) in [6, 6.07) is 10.9. The topological polar surface area (TPSA) is 66.8 Å². The molecule has 0 bridgehead atoms. The lowest BCUT2D eigenvalue weighted by atomic mass is 9.96. The van der Waals surface area contributed by atoms with Crippen molar-refractivity contribution in [3.05, 3.63) is 72.6 Å². The standard InChI is InChI=1S/C25H26FN5O/c26-22-4-2-1-3-19(22)5-6-25(32)30-10-7-18(8-11-30)17-31-12-9-20-13-23(27-16-24(20)31)21-14-28-29-15-21/h1-4,9,12-16,18H,5-8,10-11,17H2,(H,28,29). The van der Waals surface area contributed by atoms with Crippen LogP contribution in [0.25, 0.3) is 22.2 Å². The van der Waals surface area contributed by atoms with Gasteiger partial charge in [0.25, 0.3) is 0 Å². The van der Waals surface area contributed by atoms with Crippen molar-refractivity contribution in [2.45, 2.75) is 32.2 Å². The van der Waals surface area contributed by atoms with Crippen LogP contribution in [0, 0.1) is 11.7 Å². The first-order valence-electron chi connectivity index (χ1n) is 11.1. The average molecular weight is 432 g/mol. The molecule has 1 amide bonds. The first-order chi connectivity index (χ1) is 15.7. The molecule has 1 saturated heterocycles. The van der Waals surface area contributed by atoms with E-state index in [0.717, 1.165) is 54.6 Å². The number of nitrogens with one attached hydrogen (secondary N) is 1. The van der Waals surface area contributed by atoms with E-state index in [-0.39, 0.29) is 11.7 Å². The Morgan fingerprint density at radius 1 is 1.16 bits per heavy atom. The zero-order valence-electron chi connectivity index (χ0n) is 17.9. The van der Waals surface area contributed by atoms with Gasteiger partial charge in [-0.3, -0.25) is 14.9 Å². The number of aryl methyl sites for hydroxylation is 1. The van der Waals surface area contributed by atoms with Crippen LogP contribution in [0.1, 0.15) is 24.8 Å². The number of pyridine rings is 1. The van der Waals surface area contributed by atoms with Crippen LogP contribution in [0.2, 0.25) is 0 Å². The summed E-state index contributed by atoms with van der Waals surface area (Å²) in [7, 11) is 0. The Kier molecular flexibility index (Phi) is 5.71. The van der Waals surface area contributed by atoms with Crippen molar-refractivity contribution >= 4 is 16.8 Å². The van der Waals surface area contributed by atoms with E-state index < -0.39 is 0 Å². The lowest BCUT2D eigenvalue weighted by molar-refractivity contribution is -0.132. The predicted octanol–water partition coefficient (Wildman–Crippen LogP) is 4.44. The summed E-state index contributed by atoms with van der Waals surface area (Å²) in [5.41, 5.74) is 3.62. The van der Waals surface area contributed by atoms with Crippen molar-refractivity contribution in [3.8, 4) is 11.3 Å². The molecule has 6 nitrogen and oxygen atoms in total. The first-order valence-corrected chi connectivity index (χ1v) is 11.1. The number of benzene rings is 1. The number of carbonyl (C=O) groups is 1. The number of amides is 1. The van der Waals surface area contributed by atoms with Crippen LogP contribution in [-0.2, 0) is 17.8 Å². The number of carbonyl (C=O) groups excluding carboxylic acids is 1. The number of nitrogens with zero attached hydrogens (tertiary/aromatic N) is 4. The molecule has 1 fully saturated rings. The molecule has 0 radical (unpaired) electrons. The summed E-state index contributed by atoms with van der Waals surface area (Å²) < 4.78 is 16.0. The molecule has 7 heteroatoms. The van der Waals surface area contributed by atoms with Gasteiger partial charge in [0.15, 0.2) is 0 Å². The molecule has 4 aromatic rings. The van der Waals surface area contributed by atoms with Crippen LogP contribution in [-0.4, -0.2) is 43.6 Å². The molecule has 0 atom stereocenters. The number of rotatable bonds is 6. The van der Waals surface area contributed by atoms with Crippen LogP contribution >= 0.6 is 0 Å². The molecule has 0 aliphatic carbocycles. The van der Waals surface area contributed by atoms with Gasteiger partial charge in [-0.05, 0) is 48.9 Å². The maximum absolute atomic E-state index is 13.8. The summed E-state index contributed by atoms with van der Waals surface area (Å²) in [5.74, 6) is 0.410. The average Bonchev–Trinajstić information content (AvgIpc) is 3.49. The van der Waals surface area contributed by atoms with Crippen molar-refractivity contribution < 1.29 is 9.18 Å². The van der Waals surface area contributed by atoms with Crippen molar-refractivity contribution in [1.82, 2.24) is 24.6 Å². The zero-order chi connectivity index (χ0) is 21.9. The lowest BCUT2D eigenvalue weighted by Crippen LogP contribution is -2.39. The molecule has 5 rings (SSSR count). The van der Waals surface area contributed by atoms with E-state index in [1.54, 1.807) is 18.3 Å². The van der Waals surface area contributed by atoms with E-state index in [1.165, 1.54) is 6.07 Å². The van der Waals surface area contributed by atoms with E-state index in [1.807, 2.05) is 23.4 Å². The Labute approximate surface area is 186 Å². The second kappa shape index (κ2) is 8.94. The van der Waals surface area contributed by atoms with Crippen LogP contribution in [0.5, 0.6) is 0 Å². The van der Waals surface area contributed by atoms with Crippen molar-refractivity contribution in [2.75, 3.05) is 13.1 Å². The van der Waals surface area contributed by atoms with Gasteiger partial charge in [-0.2, -0.15) is 5.10 Å². The Morgan fingerprint density at radius 2 is 2.00 bits per heavy atom. The van der Waals surface area contributed by atoms with Crippen molar-refractivity contribution in [1.29, 1.82) is 0 Å². The Balaban J connectivity index is 1.16. The number of piperidine rings is 1. The van der Waals surface area contributed by atoms with Crippen molar-refractivity contribution in [2.24, 2.45) is 5.92 Å². The quantitative estimate of drug-likeness (QED) is 0.491. The molecule has 1 N–H and O–H groups in total. The molecule has 1 aliphatic rings. The second-order valence-corrected chi connectivity index (χ2v) is 8.50. The summed E-state index contributed by atoms with van der Waals surface area (Å²) in [5, 5.41) is 7.99. The van der Waals surface area contributed by atoms with E-state index in [2.05, 4.69) is 38.1 Å². The maximum atomic E-state index is 13.8. The highest BCUT2D eigenvalue weighted by Crippen LogP contribution is 2.25. The summed E-state index contributed by atoms with van der Waals surface area (Å²) in [4.78, 5) is 19.1. The molecule has 32 heavy (non-hydrogen) atoms. The first kappa shape index (κ1) is 20.4.